The maximum Gasteiger partial charge on any atom is 0.253 e. The van der Waals surface area contributed by atoms with Gasteiger partial charge in [0.2, 0.25) is 0 Å². The highest BCUT2D eigenvalue weighted by Crippen LogP contribution is 2.14. The number of hydrogen-bond donors (Lipinski definition) is 2. The topological polar surface area (TPSA) is 55.1 Å². The molecule has 0 aliphatic rings. The van der Waals surface area contributed by atoms with Crippen LogP contribution in [0, 0.1) is 11.7 Å². The van der Waals surface area contributed by atoms with E-state index in [-0.39, 0.29) is 23.2 Å². The van der Waals surface area contributed by atoms with Crippen LogP contribution in [-0.4, -0.2) is 11.9 Å². The number of anilines is 1. The van der Waals surface area contributed by atoms with Crippen LogP contribution in [0.1, 0.15) is 31.1 Å². The summed E-state index contributed by atoms with van der Waals surface area (Å²) in [6.07, 6.45) is 0. The van der Waals surface area contributed by atoms with Crippen LogP contribution < -0.4 is 11.1 Å². The first-order chi connectivity index (χ1) is 7.41. The molecule has 16 heavy (non-hydrogen) atoms. The molecule has 0 aliphatic heterocycles. The Hall–Kier alpha value is -1.58. The molecule has 88 valence electrons. The Morgan fingerprint density at radius 3 is 2.56 bits per heavy atom. The van der Waals surface area contributed by atoms with Gasteiger partial charge in [-0.25, -0.2) is 4.39 Å². The van der Waals surface area contributed by atoms with Crippen LogP contribution >= 0.6 is 0 Å². The second kappa shape index (κ2) is 4.96. The SMILES string of the molecule is CC(C)C(C)NC(=O)c1cc(F)ccc1N. The number of rotatable bonds is 3. The Kier molecular flexibility index (Phi) is 3.88. The number of carbonyl (C=O) groups is 1. The summed E-state index contributed by atoms with van der Waals surface area (Å²) in [6.45, 7) is 5.90. The van der Waals surface area contributed by atoms with Crippen molar-refractivity contribution in [3.05, 3.63) is 29.6 Å². The van der Waals surface area contributed by atoms with Gasteiger partial charge in [0.1, 0.15) is 5.82 Å². The van der Waals surface area contributed by atoms with Gasteiger partial charge in [0, 0.05) is 11.7 Å². The summed E-state index contributed by atoms with van der Waals surface area (Å²) >= 11 is 0. The molecule has 0 heterocycles. The Morgan fingerprint density at radius 1 is 1.38 bits per heavy atom. The molecule has 1 aromatic carbocycles. The molecule has 0 radical (unpaired) electrons. The highest BCUT2D eigenvalue weighted by molar-refractivity contribution is 5.99. The van der Waals surface area contributed by atoms with Crippen molar-refractivity contribution < 1.29 is 9.18 Å². The van der Waals surface area contributed by atoms with Crippen molar-refractivity contribution in [2.75, 3.05) is 5.73 Å². The lowest BCUT2D eigenvalue weighted by Gasteiger charge is -2.18. The van der Waals surface area contributed by atoms with Gasteiger partial charge in [0.05, 0.1) is 5.56 Å². The summed E-state index contributed by atoms with van der Waals surface area (Å²) < 4.78 is 13.0. The molecule has 0 aromatic heterocycles. The second-order valence-corrected chi connectivity index (χ2v) is 4.24. The molecule has 1 aromatic rings. The molecule has 0 saturated carbocycles. The van der Waals surface area contributed by atoms with E-state index in [0.717, 1.165) is 6.07 Å². The third-order valence-electron chi connectivity index (χ3n) is 2.62. The van der Waals surface area contributed by atoms with Crippen molar-refractivity contribution in [2.45, 2.75) is 26.8 Å². The number of halogens is 1. The van der Waals surface area contributed by atoms with Crippen molar-refractivity contribution >= 4 is 11.6 Å². The number of carbonyl (C=O) groups excluding carboxylic acids is 1. The van der Waals surface area contributed by atoms with E-state index in [1.807, 2.05) is 20.8 Å². The van der Waals surface area contributed by atoms with E-state index in [9.17, 15) is 9.18 Å². The predicted molar refractivity (Wildman–Crippen MR) is 62.6 cm³/mol. The van der Waals surface area contributed by atoms with Crippen molar-refractivity contribution in [3.63, 3.8) is 0 Å². The van der Waals surface area contributed by atoms with Gasteiger partial charge in [-0.1, -0.05) is 13.8 Å². The molecule has 0 fully saturated rings. The quantitative estimate of drug-likeness (QED) is 0.773. The number of amides is 1. The van der Waals surface area contributed by atoms with Crippen LogP contribution in [0.15, 0.2) is 18.2 Å². The van der Waals surface area contributed by atoms with Gasteiger partial charge in [-0.3, -0.25) is 4.79 Å². The first-order valence-electron chi connectivity index (χ1n) is 5.27. The Balaban J connectivity index is 2.84. The Morgan fingerprint density at radius 2 is 2.00 bits per heavy atom. The summed E-state index contributed by atoms with van der Waals surface area (Å²) in [5.74, 6) is -0.478. The highest BCUT2D eigenvalue weighted by Gasteiger charge is 2.15. The van der Waals surface area contributed by atoms with E-state index in [4.69, 9.17) is 5.73 Å². The van der Waals surface area contributed by atoms with E-state index in [1.54, 1.807) is 0 Å². The number of hydrogen-bond acceptors (Lipinski definition) is 2. The lowest BCUT2D eigenvalue weighted by molar-refractivity contribution is 0.0931. The van der Waals surface area contributed by atoms with Crippen LogP contribution in [0.4, 0.5) is 10.1 Å². The normalized spacial score (nSPS) is 12.6. The van der Waals surface area contributed by atoms with Gasteiger partial charge in [-0.15, -0.1) is 0 Å². The Labute approximate surface area is 94.8 Å². The number of nitrogen functional groups attached to an aromatic ring is 1. The molecular weight excluding hydrogens is 207 g/mol. The second-order valence-electron chi connectivity index (χ2n) is 4.24. The molecule has 1 unspecified atom stereocenters. The van der Waals surface area contributed by atoms with Crippen LogP contribution in [0.3, 0.4) is 0 Å². The minimum Gasteiger partial charge on any atom is -0.398 e. The number of nitrogens with one attached hydrogen (secondary N) is 1. The van der Waals surface area contributed by atoms with E-state index in [0.29, 0.717) is 5.92 Å². The van der Waals surface area contributed by atoms with Crippen molar-refractivity contribution in [1.82, 2.24) is 5.32 Å². The smallest absolute Gasteiger partial charge is 0.253 e. The average molecular weight is 224 g/mol. The molecule has 1 atom stereocenters. The van der Waals surface area contributed by atoms with Gasteiger partial charge in [-0.05, 0) is 31.0 Å². The molecule has 4 heteroatoms. The molecule has 0 saturated heterocycles. The summed E-state index contributed by atoms with van der Waals surface area (Å²) in [6, 6.07) is 3.80. The van der Waals surface area contributed by atoms with Gasteiger partial charge < -0.3 is 11.1 Å². The fourth-order valence-corrected chi connectivity index (χ4v) is 1.18. The maximum atomic E-state index is 13.0. The monoisotopic (exact) mass is 224 g/mol. The zero-order chi connectivity index (χ0) is 12.3. The summed E-state index contributed by atoms with van der Waals surface area (Å²) in [5.41, 5.74) is 6.09. The van der Waals surface area contributed by atoms with Gasteiger partial charge in [0.15, 0.2) is 0 Å². The molecule has 3 N–H and O–H groups in total. The van der Waals surface area contributed by atoms with Crippen LogP contribution in [0.5, 0.6) is 0 Å². The summed E-state index contributed by atoms with van der Waals surface area (Å²) in [7, 11) is 0. The minimum atomic E-state index is -0.462. The Bertz CT molecular complexity index is 391. The predicted octanol–water partition coefficient (Wildman–Crippen LogP) is 2.18. The third kappa shape index (κ3) is 2.95. The third-order valence-corrected chi connectivity index (χ3v) is 2.62. The zero-order valence-corrected chi connectivity index (χ0v) is 9.75. The van der Waals surface area contributed by atoms with E-state index >= 15 is 0 Å². The molecule has 0 aliphatic carbocycles. The highest BCUT2D eigenvalue weighted by atomic mass is 19.1. The largest absolute Gasteiger partial charge is 0.398 e. The molecule has 3 nitrogen and oxygen atoms in total. The van der Waals surface area contributed by atoms with Crippen LogP contribution in [-0.2, 0) is 0 Å². The zero-order valence-electron chi connectivity index (χ0n) is 9.75. The molecule has 1 rings (SSSR count). The maximum absolute atomic E-state index is 13.0. The fraction of sp³-hybridized carbons (Fsp3) is 0.417. The van der Waals surface area contributed by atoms with E-state index < -0.39 is 5.82 Å². The van der Waals surface area contributed by atoms with Crippen LogP contribution in [0.2, 0.25) is 0 Å². The van der Waals surface area contributed by atoms with Gasteiger partial charge >= 0.3 is 0 Å². The first-order valence-corrected chi connectivity index (χ1v) is 5.27. The minimum absolute atomic E-state index is 0.0233. The van der Waals surface area contributed by atoms with Crippen molar-refractivity contribution in [1.29, 1.82) is 0 Å². The molecule has 0 spiro atoms. The summed E-state index contributed by atoms with van der Waals surface area (Å²) in [4.78, 5) is 11.8. The van der Waals surface area contributed by atoms with E-state index in [1.165, 1.54) is 12.1 Å². The average Bonchev–Trinajstić information content (AvgIpc) is 2.21. The fourth-order valence-electron chi connectivity index (χ4n) is 1.18. The lowest BCUT2D eigenvalue weighted by Crippen LogP contribution is -2.36. The van der Waals surface area contributed by atoms with Crippen molar-refractivity contribution in [3.8, 4) is 0 Å². The summed E-state index contributed by atoms with van der Waals surface area (Å²) in [5, 5.41) is 2.78. The molecule has 1 amide bonds. The first kappa shape index (κ1) is 12.5. The van der Waals surface area contributed by atoms with Gasteiger partial charge in [0.25, 0.3) is 5.91 Å². The standard InChI is InChI=1S/C12H17FN2O/c1-7(2)8(3)15-12(16)10-6-9(13)4-5-11(10)14/h4-8H,14H2,1-3H3,(H,15,16). The van der Waals surface area contributed by atoms with Crippen LogP contribution in [0.25, 0.3) is 0 Å². The number of nitrogens with two attached hydrogens (primary N) is 1. The van der Waals surface area contributed by atoms with Crippen molar-refractivity contribution in [2.24, 2.45) is 5.92 Å². The molecule has 0 bridgehead atoms. The number of benzene rings is 1. The lowest BCUT2D eigenvalue weighted by atomic mass is 10.1. The van der Waals surface area contributed by atoms with E-state index in [2.05, 4.69) is 5.32 Å². The van der Waals surface area contributed by atoms with Gasteiger partial charge in [-0.2, -0.15) is 0 Å². The molecular formula is C12H17FN2O.